The van der Waals surface area contributed by atoms with Gasteiger partial charge in [0.1, 0.15) is 5.60 Å². The Kier molecular flexibility index (Phi) is 5.96. The molecule has 1 atom stereocenters. The van der Waals surface area contributed by atoms with Crippen LogP contribution in [0.5, 0.6) is 0 Å². The maximum Gasteiger partial charge on any atom is 0.407 e. The molecule has 0 aliphatic heterocycles. The molecule has 0 aliphatic rings. The summed E-state index contributed by atoms with van der Waals surface area (Å²) in [6.45, 7) is 12.5. The van der Waals surface area contributed by atoms with E-state index >= 15 is 0 Å². The molecule has 4 heteroatoms. The van der Waals surface area contributed by atoms with Crippen molar-refractivity contribution in [3.63, 3.8) is 0 Å². The highest BCUT2D eigenvalue weighted by molar-refractivity contribution is 5.67. The van der Waals surface area contributed by atoms with Crippen molar-refractivity contribution in [1.29, 1.82) is 0 Å². The molecule has 2 N–H and O–H groups in total. The van der Waals surface area contributed by atoms with Crippen LogP contribution in [0.1, 0.15) is 48.0 Å². The van der Waals surface area contributed by atoms with Crippen molar-refractivity contribution < 1.29 is 14.6 Å². The average Bonchev–Trinajstić information content (AvgIpc) is 2.07. The summed E-state index contributed by atoms with van der Waals surface area (Å²) >= 11 is 0. The number of hydrogen-bond acceptors (Lipinski definition) is 3. The first-order chi connectivity index (χ1) is 7.56. The van der Waals surface area contributed by atoms with Gasteiger partial charge in [-0.2, -0.15) is 0 Å². The van der Waals surface area contributed by atoms with Gasteiger partial charge >= 0.3 is 6.09 Å². The third kappa shape index (κ3) is 8.02. The normalized spacial score (nSPS) is 14.3. The maximum absolute atomic E-state index is 11.5. The molecule has 1 unspecified atom stereocenters. The van der Waals surface area contributed by atoms with Crippen LogP contribution in [-0.2, 0) is 4.74 Å². The molecule has 0 aromatic rings. The number of hydrogen-bond donors (Lipinski definition) is 2. The molecule has 0 saturated heterocycles. The SMILES string of the molecule is CC(C)(C)OC(=O)NCC(CCO)C(C)(C)C. The predicted octanol–water partition coefficient (Wildman–Crippen LogP) is 2.56. The second kappa shape index (κ2) is 6.24. The van der Waals surface area contributed by atoms with E-state index in [0.717, 1.165) is 0 Å². The van der Waals surface area contributed by atoms with Gasteiger partial charge in [-0.25, -0.2) is 4.79 Å². The van der Waals surface area contributed by atoms with Crippen LogP contribution < -0.4 is 5.32 Å². The number of amides is 1. The van der Waals surface area contributed by atoms with Crippen molar-refractivity contribution in [3.8, 4) is 0 Å². The summed E-state index contributed by atoms with van der Waals surface area (Å²) in [5, 5.41) is 11.8. The Balaban J connectivity index is 4.18. The van der Waals surface area contributed by atoms with Crippen LogP contribution in [0.3, 0.4) is 0 Å². The van der Waals surface area contributed by atoms with Gasteiger partial charge in [0.2, 0.25) is 0 Å². The predicted molar refractivity (Wildman–Crippen MR) is 68.9 cm³/mol. The minimum Gasteiger partial charge on any atom is -0.444 e. The van der Waals surface area contributed by atoms with Crippen LogP contribution in [0, 0.1) is 11.3 Å². The van der Waals surface area contributed by atoms with Crippen LogP contribution in [0.4, 0.5) is 4.79 Å². The second-order valence-corrected chi connectivity index (χ2v) is 6.46. The van der Waals surface area contributed by atoms with Crippen molar-refractivity contribution in [1.82, 2.24) is 5.32 Å². The van der Waals surface area contributed by atoms with Crippen LogP contribution in [-0.4, -0.2) is 30.0 Å². The molecule has 0 aromatic carbocycles. The topological polar surface area (TPSA) is 58.6 Å². The molecule has 0 rings (SSSR count). The average molecular weight is 245 g/mol. The minimum atomic E-state index is -0.474. The number of alkyl carbamates (subject to hydrolysis) is 1. The van der Waals surface area contributed by atoms with Crippen molar-refractivity contribution >= 4 is 6.09 Å². The number of nitrogens with one attached hydrogen (secondary N) is 1. The molecule has 0 bridgehead atoms. The van der Waals surface area contributed by atoms with E-state index in [0.29, 0.717) is 13.0 Å². The number of ether oxygens (including phenoxy) is 1. The summed E-state index contributed by atoms with van der Waals surface area (Å²) in [7, 11) is 0. The first-order valence-corrected chi connectivity index (χ1v) is 6.14. The fraction of sp³-hybridized carbons (Fsp3) is 0.923. The quantitative estimate of drug-likeness (QED) is 0.800. The Morgan fingerprint density at radius 3 is 2.12 bits per heavy atom. The molecule has 0 heterocycles. The summed E-state index contributed by atoms with van der Waals surface area (Å²) in [6.07, 6.45) is 0.281. The fourth-order valence-corrected chi connectivity index (χ4v) is 1.52. The second-order valence-electron chi connectivity index (χ2n) is 6.46. The molecule has 102 valence electrons. The Bertz CT molecular complexity index is 238. The Morgan fingerprint density at radius 2 is 1.76 bits per heavy atom. The van der Waals surface area contributed by atoms with E-state index in [2.05, 4.69) is 26.1 Å². The fourth-order valence-electron chi connectivity index (χ4n) is 1.52. The highest BCUT2D eigenvalue weighted by Crippen LogP contribution is 2.27. The van der Waals surface area contributed by atoms with Crippen molar-refractivity contribution in [2.75, 3.05) is 13.2 Å². The first-order valence-electron chi connectivity index (χ1n) is 6.14. The Morgan fingerprint density at radius 1 is 1.24 bits per heavy atom. The molecular weight excluding hydrogens is 218 g/mol. The van der Waals surface area contributed by atoms with E-state index in [1.807, 2.05) is 20.8 Å². The highest BCUT2D eigenvalue weighted by Gasteiger charge is 2.25. The van der Waals surface area contributed by atoms with Gasteiger partial charge in [-0.1, -0.05) is 20.8 Å². The van der Waals surface area contributed by atoms with Crippen molar-refractivity contribution in [2.45, 2.75) is 53.6 Å². The number of aliphatic hydroxyl groups is 1. The zero-order valence-corrected chi connectivity index (χ0v) is 12.0. The number of carbonyl (C=O) groups excluding carboxylic acids is 1. The van der Waals surface area contributed by atoms with E-state index in [9.17, 15) is 4.79 Å². The first kappa shape index (κ1) is 16.2. The van der Waals surface area contributed by atoms with E-state index in [4.69, 9.17) is 9.84 Å². The van der Waals surface area contributed by atoms with Gasteiger partial charge in [0.05, 0.1) is 0 Å². The molecule has 0 aromatic heterocycles. The molecule has 0 fully saturated rings. The molecule has 0 saturated carbocycles. The Labute approximate surface area is 105 Å². The third-order valence-electron chi connectivity index (χ3n) is 2.59. The molecule has 0 aliphatic carbocycles. The van der Waals surface area contributed by atoms with Crippen LogP contribution in [0.25, 0.3) is 0 Å². The lowest BCUT2D eigenvalue weighted by Crippen LogP contribution is -2.38. The standard InChI is InChI=1S/C13H27NO3/c1-12(2,3)10(7-8-15)9-14-11(16)17-13(4,5)6/h10,15H,7-9H2,1-6H3,(H,14,16). The molecule has 17 heavy (non-hydrogen) atoms. The van der Waals surface area contributed by atoms with Gasteiger partial charge < -0.3 is 15.2 Å². The minimum absolute atomic E-state index is 0.0533. The lowest BCUT2D eigenvalue weighted by Gasteiger charge is -2.30. The van der Waals surface area contributed by atoms with Gasteiger partial charge in [-0.3, -0.25) is 0 Å². The van der Waals surface area contributed by atoms with Crippen molar-refractivity contribution in [3.05, 3.63) is 0 Å². The zero-order chi connectivity index (χ0) is 13.7. The summed E-state index contributed by atoms with van der Waals surface area (Å²) < 4.78 is 5.17. The summed E-state index contributed by atoms with van der Waals surface area (Å²) in [6, 6.07) is 0. The highest BCUT2D eigenvalue weighted by atomic mass is 16.6. The van der Waals surface area contributed by atoms with E-state index < -0.39 is 11.7 Å². The number of carbonyl (C=O) groups is 1. The van der Waals surface area contributed by atoms with Gasteiger partial charge in [-0.05, 0) is 38.5 Å². The monoisotopic (exact) mass is 245 g/mol. The summed E-state index contributed by atoms with van der Waals surface area (Å²) in [5.74, 6) is 0.236. The van der Waals surface area contributed by atoms with Gasteiger partial charge in [0, 0.05) is 13.2 Å². The van der Waals surface area contributed by atoms with Crippen LogP contribution >= 0.6 is 0 Å². The summed E-state index contributed by atoms with van der Waals surface area (Å²) in [4.78, 5) is 11.5. The van der Waals surface area contributed by atoms with E-state index in [1.54, 1.807) is 0 Å². The third-order valence-corrected chi connectivity index (χ3v) is 2.59. The maximum atomic E-state index is 11.5. The smallest absolute Gasteiger partial charge is 0.407 e. The molecular formula is C13H27NO3. The lowest BCUT2D eigenvalue weighted by atomic mass is 9.79. The van der Waals surface area contributed by atoms with Gasteiger partial charge in [0.15, 0.2) is 0 Å². The van der Waals surface area contributed by atoms with Crippen LogP contribution in [0.2, 0.25) is 0 Å². The zero-order valence-electron chi connectivity index (χ0n) is 12.0. The van der Waals surface area contributed by atoms with Crippen LogP contribution in [0.15, 0.2) is 0 Å². The molecule has 0 radical (unpaired) electrons. The number of aliphatic hydroxyl groups excluding tert-OH is 1. The molecule has 4 nitrogen and oxygen atoms in total. The largest absolute Gasteiger partial charge is 0.444 e. The Hall–Kier alpha value is -0.770. The summed E-state index contributed by atoms with van der Waals surface area (Å²) in [5.41, 5.74) is -0.421. The van der Waals surface area contributed by atoms with Gasteiger partial charge in [0.25, 0.3) is 0 Å². The van der Waals surface area contributed by atoms with Crippen molar-refractivity contribution in [2.24, 2.45) is 11.3 Å². The lowest BCUT2D eigenvalue weighted by molar-refractivity contribution is 0.0497. The number of rotatable bonds is 4. The molecule has 1 amide bonds. The van der Waals surface area contributed by atoms with E-state index in [-0.39, 0.29) is 17.9 Å². The van der Waals surface area contributed by atoms with Gasteiger partial charge in [-0.15, -0.1) is 0 Å². The van der Waals surface area contributed by atoms with E-state index in [1.165, 1.54) is 0 Å². The molecule has 0 spiro atoms.